The monoisotopic (exact) mass is 933 g/mol. The molecule has 0 N–H and O–H groups in total. The molecule has 0 rings (SSSR count). The molecule has 0 saturated carbocycles. The number of carbonyl (C=O) groups is 3. The van der Waals surface area contributed by atoms with Crippen LogP contribution in [0.25, 0.3) is 0 Å². The van der Waals surface area contributed by atoms with Gasteiger partial charge in [-0.3, -0.25) is 14.4 Å². The van der Waals surface area contributed by atoms with Crippen molar-refractivity contribution in [3.05, 3.63) is 0 Å². The zero-order chi connectivity index (χ0) is 48.1. The van der Waals surface area contributed by atoms with Crippen molar-refractivity contribution in [2.75, 3.05) is 13.2 Å². The molecule has 0 aliphatic carbocycles. The van der Waals surface area contributed by atoms with Gasteiger partial charge in [-0.1, -0.05) is 304 Å². The molecule has 1 atom stereocenters. The van der Waals surface area contributed by atoms with Gasteiger partial charge < -0.3 is 14.2 Å². The van der Waals surface area contributed by atoms with E-state index in [0.29, 0.717) is 19.3 Å². The highest BCUT2D eigenvalue weighted by atomic mass is 16.6. The van der Waals surface area contributed by atoms with Gasteiger partial charge in [0.05, 0.1) is 0 Å². The summed E-state index contributed by atoms with van der Waals surface area (Å²) in [5.41, 5.74) is 0. The Labute approximate surface area is 412 Å². The number of rotatable bonds is 55. The van der Waals surface area contributed by atoms with Crippen LogP contribution in [0.1, 0.15) is 342 Å². The number of esters is 3. The molecule has 0 aliphatic heterocycles. The van der Waals surface area contributed by atoms with Crippen molar-refractivity contribution in [2.24, 2.45) is 5.92 Å². The highest BCUT2D eigenvalue weighted by Gasteiger charge is 2.19. The van der Waals surface area contributed by atoms with Gasteiger partial charge in [0, 0.05) is 19.3 Å². The van der Waals surface area contributed by atoms with E-state index in [0.717, 1.165) is 63.7 Å². The lowest BCUT2D eigenvalue weighted by molar-refractivity contribution is -0.167. The van der Waals surface area contributed by atoms with Crippen molar-refractivity contribution in [1.29, 1.82) is 0 Å². The van der Waals surface area contributed by atoms with Gasteiger partial charge in [-0.2, -0.15) is 0 Å². The van der Waals surface area contributed by atoms with E-state index < -0.39 is 6.10 Å². The second-order valence-corrected chi connectivity index (χ2v) is 21.1. The van der Waals surface area contributed by atoms with E-state index in [1.165, 1.54) is 238 Å². The van der Waals surface area contributed by atoms with Crippen LogP contribution in [0.4, 0.5) is 0 Å². The van der Waals surface area contributed by atoms with Crippen LogP contribution in [0.15, 0.2) is 0 Å². The van der Waals surface area contributed by atoms with Crippen LogP contribution in [0.3, 0.4) is 0 Å². The fraction of sp³-hybridized carbons (Fsp3) is 0.950. The summed E-state index contributed by atoms with van der Waals surface area (Å²) in [7, 11) is 0. The minimum atomic E-state index is -0.762. The Balaban J connectivity index is 4.28. The Morgan fingerprint density at radius 2 is 0.500 bits per heavy atom. The summed E-state index contributed by atoms with van der Waals surface area (Å²) in [5, 5.41) is 0. The molecule has 0 spiro atoms. The third-order valence-electron chi connectivity index (χ3n) is 13.8. The zero-order valence-electron chi connectivity index (χ0n) is 45.2. The maximum absolute atomic E-state index is 12.9. The van der Waals surface area contributed by atoms with Crippen LogP contribution in [0.5, 0.6) is 0 Å². The average Bonchev–Trinajstić information content (AvgIpc) is 3.30. The van der Waals surface area contributed by atoms with Crippen LogP contribution >= 0.6 is 0 Å². The Hall–Kier alpha value is -1.59. The molecule has 66 heavy (non-hydrogen) atoms. The van der Waals surface area contributed by atoms with Crippen LogP contribution in [-0.4, -0.2) is 37.2 Å². The Kier molecular flexibility index (Phi) is 53.0. The highest BCUT2D eigenvalue weighted by Crippen LogP contribution is 2.18. The standard InChI is InChI=1S/C60H116O6/c1-5-7-9-11-13-15-17-19-21-23-25-26-28-30-35-39-43-47-51-58(61)64-54-57(55-65-59(62)52-48-44-40-36-33-32-34-38-42-46-50-56(3)4)66-60(63)53-49-45-41-37-31-29-27-24-22-20-18-16-14-12-10-8-6-2/h56-57H,5-55H2,1-4H3/t57-/m0/s1. The van der Waals surface area contributed by atoms with E-state index in [-0.39, 0.29) is 31.1 Å². The lowest BCUT2D eigenvalue weighted by Crippen LogP contribution is -2.30. The first-order chi connectivity index (χ1) is 32.4. The van der Waals surface area contributed by atoms with Gasteiger partial charge in [-0.05, 0) is 25.2 Å². The van der Waals surface area contributed by atoms with E-state index in [1.54, 1.807) is 0 Å². The van der Waals surface area contributed by atoms with E-state index in [1.807, 2.05) is 0 Å². The van der Waals surface area contributed by atoms with Gasteiger partial charge in [0.1, 0.15) is 13.2 Å². The van der Waals surface area contributed by atoms with Crippen molar-refractivity contribution in [3.63, 3.8) is 0 Å². The number of ether oxygens (including phenoxy) is 3. The summed E-state index contributed by atoms with van der Waals surface area (Å²) in [5.74, 6) is -0.0156. The molecule has 0 aromatic carbocycles. The maximum Gasteiger partial charge on any atom is 0.306 e. The molecule has 6 heteroatoms. The molecule has 0 aromatic heterocycles. The topological polar surface area (TPSA) is 78.9 Å². The average molecular weight is 934 g/mol. The first kappa shape index (κ1) is 64.4. The molecule has 0 heterocycles. The lowest BCUT2D eigenvalue weighted by atomic mass is 10.0. The summed E-state index contributed by atoms with van der Waals surface area (Å²) in [4.78, 5) is 38.2. The van der Waals surface area contributed by atoms with Gasteiger partial charge in [0.25, 0.3) is 0 Å². The summed E-state index contributed by atoms with van der Waals surface area (Å²) in [6.45, 7) is 9.05. The molecular weight excluding hydrogens is 817 g/mol. The van der Waals surface area contributed by atoms with E-state index in [4.69, 9.17) is 14.2 Å². The Bertz CT molecular complexity index is 996. The third-order valence-corrected chi connectivity index (χ3v) is 13.8. The van der Waals surface area contributed by atoms with E-state index in [9.17, 15) is 14.4 Å². The number of carbonyl (C=O) groups excluding carboxylic acids is 3. The van der Waals surface area contributed by atoms with Crippen LogP contribution < -0.4 is 0 Å². The second kappa shape index (κ2) is 54.4. The molecule has 6 nitrogen and oxygen atoms in total. The molecular formula is C60H116O6. The van der Waals surface area contributed by atoms with Crippen molar-refractivity contribution >= 4 is 17.9 Å². The van der Waals surface area contributed by atoms with Crippen molar-refractivity contribution < 1.29 is 28.6 Å². The Morgan fingerprint density at radius 1 is 0.288 bits per heavy atom. The van der Waals surface area contributed by atoms with Crippen LogP contribution in [0.2, 0.25) is 0 Å². The summed E-state index contributed by atoms with van der Waals surface area (Å²) in [6, 6.07) is 0. The van der Waals surface area contributed by atoms with Crippen LogP contribution in [-0.2, 0) is 28.6 Å². The lowest BCUT2D eigenvalue weighted by Gasteiger charge is -2.18. The molecule has 0 fully saturated rings. The van der Waals surface area contributed by atoms with Crippen molar-refractivity contribution in [2.45, 2.75) is 348 Å². The van der Waals surface area contributed by atoms with Crippen molar-refractivity contribution in [1.82, 2.24) is 0 Å². The molecule has 392 valence electrons. The quantitative estimate of drug-likeness (QED) is 0.0343. The second-order valence-electron chi connectivity index (χ2n) is 21.1. The summed E-state index contributed by atoms with van der Waals surface area (Å²) < 4.78 is 16.9. The summed E-state index contributed by atoms with van der Waals surface area (Å²) >= 11 is 0. The molecule has 0 aliphatic rings. The molecule has 0 amide bonds. The van der Waals surface area contributed by atoms with Crippen LogP contribution in [0, 0.1) is 5.92 Å². The number of unbranched alkanes of at least 4 members (excludes halogenated alkanes) is 42. The van der Waals surface area contributed by atoms with E-state index in [2.05, 4.69) is 27.7 Å². The fourth-order valence-corrected chi connectivity index (χ4v) is 9.28. The predicted molar refractivity (Wildman–Crippen MR) is 284 cm³/mol. The minimum Gasteiger partial charge on any atom is -0.462 e. The van der Waals surface area contributed by atoms with Gasteiger partial charge in [0.15, 0.2) is 6.10 Å². The van der Waals surface area contributed by atoms with Gasteiger partial charge in [0.2, 0.25) is 0 Å². The normalized spacial score (nSPS) is 12.0. The molecule has 0 saturated heterocycles. The third kappa shape index (κ3) is 53.4. The predicted octanol–water partition coefficient (Wildman–Crippen LogP) is 19.8. The molecule has 0 bridgehead atoms. The number of hydrogen-bond acceptors (Lipinski definition) is 6. The fourth-order valence-electron chi connectivity index (χ4n) is 9.28. The summed E-state index contributed by atoms with van der Waals surface area (Å²) in [6.07, 6.45) is 59.5. The maximum atomic E-state index is 12.9. The van der Waals surface area contributed by atoms with Gasteiger partial charge in [-0.15, -0.1) is 0 Å². The van der Waals surface area contributed by atoms with E-state index >= 15 is 0 Å². The Morgan fingerprint density at radius 3 is 0.742 bits per heavy atom. The van der Waals surface area contributed by atoms with Crippen molar-refractivity contribution in [3.8, 4) is 0 Å². The molecule has 0 aromatic rings. The largest absolute Gasteiger partial charge is 0.462 e. The van der Waals surface area contributed by atoms with Gasteiger partial charge in [-0.25, -0.2) is 0 Å². The number of hydrogen-bond donors (Lipinski definition) is 0. The SMILES string of the molecule is CCCCCCCCCCCCCCCCCCCCC(=O)OC[C@@H](COC(=O)CCCCCCCCCCCCC(C)C)OC(=O)CCCCCCCCCCCCCCCCCCC. The molecule has 0 radical (unpaired) electrons. The first-order valence-electron chi connectivity index (χ1n) is 29.9. The highest BCUT2D eigenvalue weighted by molar-refractivity contribution is 5.71. The first-order valence-corrected chi connectivity index (χ1v) is 29.9. The zero-order valence-corrected chi connectivity index (χ0v) is 45.2. The molecule has 0 unspecified atom stereocenters. The minimum absolute atomic E-state index is 0.0618. The van der Waals surface area contributed by atoms with Gasteiger partial charge >= 0.3 is 17.9 Å². The smallest absolute Gasteiger partial charge is 0.306 e.